The van der Waals surface area contributed by atoms with Gasteiger partial charge in [-0.3, -0.25) is 4.98 Å². The summed E-state index contributed by atoms with van der Waals surface area (Å²) in [5.74, 6) is 1.15. The quantitative estimate of drug-likeness (QED) is 0.888. The molecule has 3 heterocycles. The summed E-state index contributed by atoms with van der Waals surface area (Å²) in [6.07, 6.45) is 1.74. The number of nitrogen functional groups attached to an aromatic ring is 1. The summed E-state index contributed by atoms with van der Waals surface area (Å²) in [4.78, 5) is 14.9. The van der Waals surface area contributed by atoms with Gasteiger partial charge in [-0.1, -0.05) is 6.07 Å². The molecule has 1 atom stereocenters. The number of nitrogens with two attached hydrogens (primary N) is 1. The maximum atomic E-state index is 5.80. The Morgan fingerprint density at radius 1 is 1.35 bits per heavy atom. The van der Waals surface area contributed by atoms with E-state index in [9.17, 15) is 0 Å². The highest BCUT2D eigenvalue weighted by atomic mass is 16.5. The Balaban J connectivity index is 1.81. The average molecular weight is 271 g/mol. The van der Waals surface area contributed by atoms with Gasteiger partial charge in [0.05, 0.1) is 18.8 Å². The molecule has 0 spiro atoms. The minimum absolute atomic E-state index is 0.0403. The van der Waals surface area contributed by atoms with Gasteiger partial charge in [-0.25, -0.2) is 4.98 Å². The number of hydrogen-bond donors (Lipinski definition) is 1. The van der Waals surface area contributed by atoms with Crippen LogP contribution in [0.25, 0.3) is 0 Å². The minimum atomic E-state index is -0.0403. The smallest absolute Gasteiger partial charge is 0.222 e. The molecule has 20 heavy (non-hydrogen) atoms. The molecule has 0 radical (unpaired) electrons. The third-order valence-corrected chi connectivity index (χ3v) is 3.27. The highest BCUT2D eigenvalue weighted by Crippen LogP contribution is 2.24. The fourth-order valence-electron chi connectivity index (χ4n) is 2.34. The maximum absolute atomic E-state index is 5.80. The van der Waals surface area contributed by atoms with Crippen LogP contribution < -0.4 is 10.6 Å². The molecule has 2 aromatic heterocycles. The zero-order valence-electron chi connectivity index (χ0n) is 11.4. The predicted molar refractivity (Wildman–Crippen MR) is 76.3 cm³/mol. The summed E-state index contributed by atoms with van der Waals surface area (Å²) in [5.41, 5.74) is 7.53. The fraction of sp³-hybridized carbons (Fsp3) is 0.357. The van der Waals surface area contributed by atoms with E-state index in [1.54, 1.807) is 6.20 Å². The van der Waals surface area contributed by atoms with Crippen LogP contribution in [0.1, 0.15) is 17.5 Å². The molecular formula is C14H17N5O. The van der Waals surface area contributed by atoms with Crippen LogP contribution in [0.2, 0.25) is 0 Å². The summed E-state index contributed by atoms with van der Waals surface area (Å²) in [6.45, 7) is 4.06. The highest BCUT2D eigenvalue weighted by Gasteiger charge is 2.24. The highest BCUT2D eigenvalue weighted by molar-refractivity contribution is 5.44. The van der Waals surface area contributed by atoms with Crippen molar-refractivity contribution in [3.05, 3.63) is 41.9 Å². The van der Waals surface area contributed by atoms with Gasteiger partial charge in [0.25, 0.3) is 0 Å². The van der Waals surface area contributed by atoms with Gasteiger partial charge in [-0.2, -0.15) is 4.98 Å². The van der Waals surface area contributed by atoms with Crippen molar-refractivity contribution in [1.82, 2.24) is 15.0 Å². The largest absolute Gasteiger partial charge is 0.368 e. The number of rotatable bonds is 2. The molecule has 1 fully saturated rings. The van der Waals surface area contributed by atoms with Gasteiger partial charge in [-0.15, -0.1) is 0 Å². The lowest BCUT2D eigenvalue weighted by Crippen LogP contribution is -2.39. The molecule has 6 nitrogen and oxygen atoms in total. The number of morpholine rings is 1. The molecule has 0 bridgehead atoms. The Kier molecular flexibility index (Phi) is 3.47. The van der Waals surface area contributed by atoms with E-state index >= 15 is 0 Å². The van der Waals surface area contributed by atoms with Crippen LogP contribution in [0.15, 0.2) is 30.5 Å². The Morgan fingerprint density at radius 3 is 3.00 bits per heavy atom. The lowest BCUT2D eigenvalue weighted by molar-refractivity contribution is 0.0367. The molecule has 0 saturated carbocycles. The van der Waals surface area contributed by atoms with Gasteiger partial charge in [0, 0.05) is 24.5 Å². The van der Waals surface area contributed by atoms with Crippen LogP contribution in [0.3, 0.4) is 0 Å². The van der Waals surface area contributed by atoms with Crippen LogP contribution in [-0.2, 0) is 4.74 Å². The third-order valence-electron chi connectivity index (χ3n) is 3.27. The van der Waals surface area contributed by atoms with Crippen molar-refractivity contribution < 1.29 is 4.74 Å². The first-order valence-corrected chi connectivity index (χ1v) is 6.61. The van der Waals surface area contributed by atoms with Crippen molar-refractivity contribution in [2.45, 2.75) is 13.0 Å². The van der Waals surface area contributed by atoms with Crippen molar-refractivity contribution in [3.63, 3.8) is 0 Å². The van der Waals surface area contributed by atoms with E-state index in [4.69, 9.17) is 10.5 Å². The Labute approximate surface area is 117 Å². The standard InChI is InChI=1S/C14H17N5O/c1-10-8-13(18-14(15)17-10)19-6-7-20-12(9-19)11-4-2-3-5-16-11/h2-5,8,12H,6-7,9H2,1H3,(H2,15,17,18)/t12-/m0/s1. The van der Waals surface area contributed by atoms with Crippen molar-refractivity contribution in [3.8, 4) is 0 Å². The van der Waals surface area contributed by atoms with Crippen LogP contribution in [0, 0.1) is 6.92 Å². The number of anilines is 2. The van der Waals surface area contributed by atoms with Crippen LogP contribution >= 0.6 is 0 Å². The van der Waals surface area contributed by atoms with E-state index in [1.165, 1.54) is 0 Å². The summed E-state index contributed by atoms with van der Waals surface area (Å²) in [6, 6.07) is 7.79. The molecule has 3 rings (SSSR count). The molecule has 0 amide bonds. The topological polar surface area (TPSA) is 77.2 Å². The van der Waals surface area contributed by atoms with Crippen LogP contribution in [0.4, 0.5) is 11.8 Å². The number of aryl methyl sites for hydroxylation is 1. The van der Waals surface area contributed by atoms with Crippen molar-refractivity contribution in [2.24, 2.45) is 0 Å². The predicted octanol–water partition coefficient (Wildman–Crippen LogP) is 1.34. The second-order valence-electron chi connectivity index (χ2n) is 4.79. The molecule has 1 aliphatic heterocycles. The van der Waals surface area contributed by atoms with Crippen molar-refractivity contribution >= 4 is 11.8 Å². The van der Waals surface area contributed by atoms with Gasteiger partial charge in [0.1, 0.15) is 11.9 Å². The Bertz CT molecular complexity index is 569. The second kappa shape index (κ2) is 5.42. The van der Waals surface area contributed by atoms with Gasteiger partial charge in [0.2, 0.25) is 5.95 Å². The lowest BCUT2D eigenvalue weighted by Gasteiger charge is -2.33. The molecule has 1 aliphatic rings. The van der Waals surface area contributed by atoms with E-state index < -0.39 is 0 Å². The number of aromatic nitrogens is 3. The first-order chi connectivity index (χ1) is 9.72. The zero-order chi connectivity index (χ0) is 13.9. The van der Waals surface area contributed by atoms with E-state index in [-0.39, 0.29) is 6.10 Å². The number of hydrogen-bond acceptors (Lipinski definition) is 6. The number of nitrogens with zero attached hydrogens (tertiary/aromatic N) is 4. The van der Waals surface area contributed by atoms with Crippen LogP contribution in [0.5, 0.6) is 0 Å². The van der Waals surface area contributed by atoms with Gasteiger partial charge in [0.15, 0.2) is 0 Å². The molecule has 0 aliphatic carbocycles. The van der Waals surface area contributed by atoms with Gasteiger partial charge < -0.3 is 15.4 Å². The van der Waals surface area contributed by atoms with Crippen LogP contribution in [-0.4, -0.2) is 34.6 Å². The number of ether oxygens (including phenoxy) is 1. The van der Waals surface area contributed by atoms with Crippen molar-refractivity contribution in [2.75, 3.05) is 30.3 Å². The Morgan fingerprint density at radius 2 is 2.25 bits per heavy atom. The Hall–Kier alpha value is -2.21. The molecule has 1 saturated heterocycles. The normalized spacial score (nSPS) is 19.1. The number of pyridine rings is 1. The first-order valence-electron chi connectivity index (χ1n) is 6.61. The first kappa shape index (κ1) is 12.8. The van der Waals surface area contributed by atoms with Crippen molar-refractivity contribution in [1.29, 1.82) is 0 Å². The monoisotopic (exact) mass is 271 g/mol. The van der Waals surface area contributed by atoms with Gasteiger partial charge >= 0.3 is 0 Å². The minimum Gasteiger partial charge on any atom is -0.368 e. The van der Waals surface area contributed by atoms with E-state index in [0.29, 0.717) is 19.1 Å². The molecule has 2 aromatic rings. The van der Waals surface area contributed by atoms with E-state index in [1.807, 2.05) is 31.2 Å². The maximum Gasteiger partial charge on any atom is 0.222 e. The second-order valence-corrected chi connectivity index (χ2v) is 4.79. The molecule has 0 unspecified atom stereocenters. The van der Waals surface area contributed by atoms with E-state index in [2.05, 4.69) is 19.9 Å². The zero-order valence-corrected chi connectivity index (χ0v) is 11.4. The summed E-state index contributed by atoms with van der Waals surface area (Å²) in [7, 11) is 0. The van der Waals surface area contributed by atoms with Gasteiger partial charge in [-0.05, 0) is 19.1 Å². The average Bonchev–Trinajstić information content (AvgIpc) is 2.47. The molecule has 2 N–H and O–H groups in total. The summed E-state index contributed by atoms with van der Waals surface area (Å²) in [5, 5.41) is 0. The summed E-state index contributed by atoms with van der Waals surface area (Å²) < 4.78 is 5.80. The van der Waals surface area contributed by atoms with E-state index in [0.717, 1.165) is 23.8 Å². The SMILES string of the molecule is Cc1cc(N2CCO[C@H](c3ccccn3)C2)nc(N)n1. The lowest BCUT2D eigenvalue weighted by atomic mass is 10.2. The summed E-state index contributed by atoms with van der Waals surface area (Å²) >= 11 is 0. The molecule has 0 aromatic carbocycles. The third kappa shape index (κ3) is 2.70. The molecule has 104 valence electrons. The fourth-order valence-corrected chi connectivity index (χ4v) is 2.34. The molecular weight excluding hydrogens is 254 g/mol. The molecule has 6 heteroatoms.